The van der Waals surface area contributed by atoms with Gasteiger partial charge in [0, 0.05) is 5.56 Å². The number of amides is 1. The molecule has 1 heterocycles. The number of carbonyl (C=O) groups excluding carboxylic acids is 1. The van der Waals surface area contributed by atoms with Gasteiger partial charge >= 0.3 is 0 Å². The standard InChI is InChI=1S/C17H14Cl2N4O2S/c1-2-25-15-11(18)5-9(6-12(15)19)8-20-23-16(24)10-3-4-13-14(7-10)22-17(26)21-13/h3-8H,2H2,1H3,(H,23,24)(H2,21,22,26)/b20-8-. The summed E-state index contributed by atoms with van der Waals surface area (Å²) >= 11 is 17.3. The van der Waals surface area contributed by atoms with Gasteiger partial charge in [-0.15, -0.1) is 0 Å². The lowest BCUT2D eigenvalue weighted by Crippen LogP contribution is -2.17. The molecule has 0 unspecified atom stereocenters. The third-order valence-electron chi connectivity index (χ3n) is 3.47. The molecule has 0 radical (unpaired) electrons. The maximum Gasteiger partial charge on any atom is 0.271 e. The van der Waals surface area contributed by atoms with Crippen molar-refractivity contribution in [2.75, 3.05) is 6.61 Å². The number of aromatic amines is 2. The topological polar surface area (TPSA) is 82.3 Å². The molecule has 134 valence electrons. The fourth-order valence-corrected chi connectivity index (χ4v) is 3.17. The highest BCUT2D eigenvalue weighted by Crippen LogP contribution is 2.33. The summed E-state index contributed by atoms with van der Waals surface area (Å²) in [5.74, 6) is 0.0704. The van der Waals surface area contributed by atoms with Crippen LogP contribution in [0.3, 0.4) is 0 Å². The summed E-state index contributed by atoms with van der Waals surface area (Å²) in [6.45, 7) is 2.30. The van der Waals surface area contributed by atoms with Crippen LogP contribution in [0.25, 0.3) is 11.0 Å². The van der Waals surface area contributed by atoms with Crippen molar-refractivity contribution in [3.63, 3.8) is 0 Å². The van der Waals surface area contributed by atoms with E-state index < -0.39 is 0 Å². The molecule has 0 atom stereocenters. The normalized spacial score (nSPS) is 11.2. The lowest BCUT2D eigenvalue weighted by atomic mass is 10.2. The molecule has 26 heavy (non-hydrogen) atoms. The molecule has 0 spiro atoms. The number of benzene rings is 2. The van der Waals surface area contributed by atoms with Crippen molar-refractivity contribution >= 4 is 58.6 Å². The molecule has 3 rings (SSSR count). The molecule has 2 aromatic carbocycles. The molecular weight excluding hydrogens is 395 g/mol. The quantitative estimate of drug-likeness (QED) is 0.325. The highest BCUT2D eigenvalue weighted by molar-refractivity contribution is 7.71. The van der Waals surface area contributed by atoms with Crippen LogP contribution in [-0.2, 0) is 0 Å². The molecule has 6 nitrogen and oxygen atoms in total. The Morgan fingerprint density at radius 1 is 1.23 bits per heavy atom. The molecule has 3 aromatic rings. The van der Waals surface area contributed by atoms with Gasteiger partial charge < -0.3 is 14.7 Å². The molecule has 0 saturated heterocycles. The van der Waals surface area contributed by atoms with Crippen LogP contribution in [0.5, 0.6) is 5.75 Å². The second-order valence-corrected chi connectivity index (χ2v) is 6.51. The minimum atomic E-state index is -0.355. The highest BCUT2D eigenvalue weighted by Gasteiger charge is 2.09. The number of H-pyrrole nitrogens is 2. The van der Waals surface area contributed by atoms with E-state index in [1.54, 1.807) is 30.3 Å². The molecule has 0 aliphatic carbocycles. The van der Waals surface area contributed by atoms with Gasteiger partial charge in [-0.25, -0.2) is 5.43 Å². The van der Waals surface area contributed by atoms with Crippen molar-refractivity contribution in [1.29, 1.82) is 0 Å². The predicted octanol–water partition coefficient (Wildman–Crippen LogP) is 4.69. The summed E-state index contributed by atoms with van der Waals surface area (Å²) < 4.78 is 5.87. The number of hydrazone groups is 1. The van der Waals surface area contributed by atoms with Crippen LogP contribution in [-0.4, -0.2) is 28.7 Å². The van der Waals surface area contributed by atoms with Gasteiger partial charge in [0.25, 0.3) is 5.91 Å². The SMILES string of the molecule is CCOc1c(Cl)cc(/C=N\NC(=O)c2ccc3[nH]c(=S)[nH]c3c2)cc1Cl. The van der Waals surface area contributed by atoms with Crippen molar-refractivity contribution in [2.24, 2.45) is 5.10 Å². The Balaban J connectivity index is 1.72. The number of nitrogens with zero attached hydrogens (tertiary/aromatic N) is 1. The zero-order chi connectivity index (χ0) is 18.7. The van der Waals surface area contributed by atoms with Crippen LogP contribution < -0.4 is 10.2 Å². The van der Waals surface area contributed by atoms with Crippen molar-refractivity contribution in [1.82, 2.24) is 15.4 Å². The van der Waals surface area contributed by atoms with Gasteiger partial charge in [0.05, 0.1) is 33.9 Å². The minimum absolute atomic E-state index is 0.355. The van der Waals surface area contributed by atoms with Crippen molar-refractivity contribution in [3.8, 4) is 5.75 Å². The predicted molar refractivity (Wildman–Crippen MR) is 106 cm³/mol. The fourth-order valence-electron chi connectivity index (χ4n) is 2.34. The van der Waals surface area contributed by atoms with E-state index in [0.29, 0.717) is 38.3 Å². The highest BCUT2D eigenvalue weighted by atomic mass is 35.5. The first-order valence-corrected chi connectivity index (χ1v) is 8.81. The second-order valence-electron chi connectivity index (χ2n) is 5.29. The molecule has 0 saturated carbocycles. The van der Waals surface area contributed by atoms with E-state index in [1.807, 2.05) is 6.92 Å². The fraction of sp³-hybridized carbons (Fsp3) is 0.118. The Bertz CT molecular complexity index is 1040. The number of halogens is 2. The zero-order valence-corrected chi connectivity index (χ0v) is 15.9. The maximum absolute atomic E-state index is 12.2. The number of aromatic nitrogens is 2. The Morgan fingerprint density at radius 2 is 1.92 bits per heavy atom. The number of hydrogen-bond acceptors (Lipinski definition) is 4. The summed E-state index contributed by atoms with van der Waals surface area (Å²) in [6, 6.07) is 8.44. The Morgan fingerprint density at radius 3 is 2.62 bits per heavy atom. The number of fused-ring (bicyclic) bond motifs is 1. The third kappa shape index (κ3) is 4.07. The Labute approximate surface area is 164 Å². The van der Waals surface area contributed by atoms with E-state index in [1.165, 1.54) is 6.21 Å². The van der Waals surface area contributed by atoms with E-state index in [9.17, 15) is 4.79 Å². The summed E-state index contributed by atoms with van der Waals surface area (Å²) in [5.41, 5.74) is 5.12. The largest absolute Gasteiger partial charge is 0.491 e. The molecule has 0 fully saturated rings. The van der Waals surface area contributed by atoms with E-state index in [4.69, 9.17) is 40.2 Å². The monoisotopic (exact) mass is 408 g/mol. The first-order chi connectivity index (χ1) is 12.5. The number of carbonyl (C=O) groups is 1. The molecular formula is C17H14Cl2N4O2S. The van der Waals surface area contributed by atoms with Gasteiger partial charge in [0.1, 0.15) is 0 Å². The van der Waals surface area contributed by atoms with Gasteiger partial charge in [-0.3, -0.25) is 4.79 Å². The van der Waals surface area contributed by atoms with Gasteiger partial charge in [0.2, 0.25) is 0 Å². The molecule has 9 heteroatoms. The smallest absolute Gasteiger partial charge is 0.271 e. The van der Waals surface area contributed by atoms with Crippen molar-refractivity contribution in [2.45, 2.75) is 6.92 Å². The third-order valence-corrected chi connectivity index (χ3v) is 4.23. The molecule has 0 aliphatic rings. The maximum atomic E-state index is 12.2. The summed E-state index contributed by atoms with van der Waals surface area (Å²) in [7, 11) is 0. The van der Waals surface area contributed by atoms with Crippen molar-refractivity contribution in [3.05, 3.63) is 56.3 Å². The lowest BCUT2D eigenvalue weighted by Gasteiger charge is -2.08. The Kier molecular flexibility index (Phi) is 5.61. The molecule has 1 aromatic heterocycles. The van der Waals surface area contributed by atoms with E-state index >= 15 is 0 Å². The van der Waals surface area contributed by atoms with E-state index in [-0.39, 0.29) is 5.91 Å². The first-order valence-electron chi connectivity index (χ1n) is 7.65. The van der Waals surface area contributed by atoms with Crippen molar-refractivity contribution < 1.29 is 9.53 Å². The zero-order valence-electron chi connectivity index (χ0n) is 13.6. The van der Waals surface area contributed by atoms with Crippen LogP contribution in [0.15, 0.2) is 35.4 Å². The van der Waals surface area contributed by atoms with E-state index in [2.05, 4.69) is 20.5 Å². The number of ether oxygens (including phenoxy) is 1. The number of rotatable bonds is 5. The summed E-state index contributed by atoms with van der Waals surface area (Å²) in [6.07, 6.45) is 1.45. The van der Waals surface area contributed by atoms with Gasteiger partial charge in [-0.05, 0) is 55.0 Å². The number of nitrogens with one attached hydrogen (secondary N) is 3. The number of hydrogen-bond donors (Lipinski definition) is 3. The van der Waals surface area contributed by atoms with Crippen LogP contribution in [0.2, 0.25) is 10.0 Å². The molecule has 0 aliphatic heterocycles. The van der Waals surface area contributed by atoms with Gasteiger partial charge in [-0.1, -0.05) is 23.2 Å². The van der Waals surface area contributed by atoms with Crippen LogP contribution in [0.1, 0.15) is 22.8 Å². The average molecular weight is 409 g/mol. The van der Waals surface area contributed by atoms with Gasteiger partial charge in [0.15, 0.2) is 10.5 Å². The average Bonchev–Trinajstić information content (AvgIpc) is 2.97. The van der Waals surface area contributed by atoms with Gasteiger partial charge in [-0.2, -0.15) is 5.10 Å². The number of imidazole rings is 1. The molecule has 0 bridgehead atoms. The van der Waals surface area contributed by atoms with Crippen LogP contribution in [0.4, 0.5) is 0 Å². The Hall–Kier alpha value is -2.35. The molecule has 3 N–H and O–H groups in total. The summed E-state index contributed by atoms with van der Waals surface area (Å²) in [5, 5.41) is 4.69. The summed E-state index contributed by atoms with van der Waals surface area (Å²) in [4.78, 5) is 18.2. The van der Waals surface area contributed by atoms with E-state index in [0.717, 1.165) is 11.0 Å². The lowest BCUT2D eigenvalue weighted by molar-refractivity contribution is 0.0955. The first kappa shape index (κ1) is 18.4. The van der Waals surface area contributed by atoms with Crippen LogP contribution in [0, 0.1) is 4.77 Å². The van der Waals surface area contributed by atoms with Crippen LogP contribution >= 0.6 is 35.4 Å². The molecule has 1 amide bonds. The minimum Gasteiger partial charge on any atom is -0.491 e. The second kappa shape index (κ2) is 7.90.